The number of hydrogen-bond acceptors (Lipinski definition) is 4. The highest BCUT2D eigenvalue weighted by Crippen LogP contribution is 2.25. The molecule has 0 aliphatic rings. The van der Waals surface area contributed by atoms with Gasteiger partial charge in [-0.2, -0.15) is 0 Å². The normalized spacial score (nSPS) is 11.5. The zero-order valence-corrected chi connectivity index (χ0v) is 16.0. The van der Waals surface area contributed by atoms with E-state index in [1.165, 1.54) is 42.5 Å². The number of carbonyl (C=O) groups is 1. The van der Waals surface area contributed by atoms with Crippen LogP contribution in [0.5, 0.6) is 5.75 Å². The Morgan fingerprint density at radius 3 is 2.29 bits per heavy atom. The van der Waals surface area contributed by atoms with Crippen LogP contribution in [0.1, 0.15) is 21.5 Å². The van der Waals surface area contributed by atoms with Gasteiger partial charge in [-0.25, -0.2) is 8.42 Å². The average molecular weight is 393 g/mol. The molecule has 0 amide bonds. The lowest BCUT2D eigenvalue weighted by atomic mass is 10.1. The highest BCUT2D eigenvalue weighted by atomic mass is 32.2. The number of aromatic hydroxyl groups is 1. The first-order chi connectivity index (χ1) is 13.3. The molecular formula is C22H19NO4S. The molecule has 0 fully saturated rings. The Labute approximate surface area is 164 Å². The summed E-state index contributed by atoms with van der Waals surface area (Å²) in [7, 11) is -3.75. The third kappa shape index (κ3) is 4.66. The van der Waals surface area contributed by atoms with E-state index in [-0.39, 0.29) is 22.1 Å². The number of allylic oxidation sites excluding steroid dienone is 1. The Bertz CT molecular complexity index is 1120. The van der Waals surface area contributed by atoms with E-state index < -0.39 is 10.0 Å². The van der Waals surface area contributed by atoms with Gasteiger partial charge in [-0.15, -0.1) is 0 Å². The van der Waals surface area contributed by atoms with Crippen LogP contribution in [0.4, 0.5) is 5.69 Å². The fourth-order valence-corrected chi connectivity index (χ4v) is 3.59. The second-order valence-electron chi connectivity index (χ2n) is 6.26. The van der Waals surface area contributed by atoms with Gasteiger partial charge in [0.2, 0.25) is 0 Å². The quantitative estimate of drug-likeness (QED) is 0.480. The predicted octanol–water partition coefficient (Wildman–Crippen LogP) is 4.40. The van der Waals surface area contributed by atoms with Crippen LogP contribution in [0.2, 0.25) is 0 Å². The lowest BCUT2D eigenvalue weighted by molar-refractivity contribution is 0.104. The average Bonchev–Trinajstić information content (AvgIpc) is 2.68. The molecule has 3 aromatic rings. The molecule has 3 aromatic carbocycles. The Kier molecular flexibility index (Phi) is 5.61. The number of aryl methyl sites for hydroxylation is 1. The summed E-state index contributed by atoms with van der Waals surface area (Å²) in [6, 6.07) is 19.6. The molecule has 0 radical (unpaired) electrons. The van der Waals surface area contributed by atoms with Crippen molar-refractivity contribution in [3.63, 3.8) is 0 Å². The van der Waals surface area contributed by atoms with Gasteiger partial charge in [0.15, 0.2) is 5.78 Å². The Morgan fingerprint density at radius 2 is 1.64 bits per heavy atom. The van der Waals surface area contributed by atoms with Gasteiger partial charge in [0.25, 0.3) is 10.0 Å². The van der Waals surface area contributed by atoms with Crippen LogP contribution in [0.25, 0.3) is 6.08 Å². The summed E-state index contributed by atoms with van der Waals surface area (Å²) >= 11 is 0. The highest BCUT2D eigenvalue weighted by molar-refractivity contribution is 7.92. The minimum absolute atomic E-state index is 0.134. The molecule has 0 bridgehead atoms. The number of hydrogen-bond donors (Lipinski definition) is 2. The fraction of sp³-hybridized carbons (Fsp3) is 0.0455. The van der Waals surface area contributed by atoms with Crippen molar-refractivity contribution in [2.24, 2.45) is 0 Å². The largest absolute Gasteiger partial charge is 0.507 e. The number of sulfonamides is 1. The highest BCUT2D eigenvalue weighted by Gasteiger charge is 2.14. The number of anilines is 1. The molecule has 0 spiro atoms. The number of ketones is 1. The Hall–Kier alpha value is -3.38. The molecule has 28 heavy (non-hydrogen) atoms. The summed E-state index contributed by atoms with van der Waals surface area (Å²) in [5.74, 6) is -0.328. The van der Waals surface area contributed by atoms with Crippen LogP contribution in [0.15, 0.2) is 83.8 Å². The van der Waals surface area contributed by atoms with Gasteiger partial charge >= 0.3 is 0 Å². The third-order valence-corrected chi connectivity index (χ3v) is 5.48. The first-order valence-electron chi connectivity index (χ1n) is 8.55. The number of rotatable bonds is 6. The van der Waals surface area contributed by atoms with Crippen molar-refractivity contribution in [2.75, 3.05) is 4.72 Å². The maximum Gasteiger partial charge on any atom is 0.261 e. The molecule has 0 heterocycles. The van der Waals surface area contributed by atoms with Crippen molar-refractivity contribution >= 4 is 27.6 Å². The first-order valence-corrected chi connectivity index (χ1v) is 10.0. The van der Waals surface area contributed by atoms with Crippen molar-refractivity contribution in [1.82, 2.24) is 0 Å². The summed E-state index contributed by atoms with van der Waals surface area (Å²) in [5, 5.41) is 10.2. The van der Waals surface area contributed by atoms with E-state index in [2.05, 4.69) is 4.72 Å². The van der Waals surface area contributed by atoms with Crippen LogP contribution in [-0.2, 0) is 10.0 Å². The molecule has 0 saturated carbocycles. The van der Waals surface area contributed by atoms with E-state index in [1.807, 2.05) is 13.0 Å². The predicted molar refractivity (Wildman–Crippen MR) is 110 cm³/mol. The van der Waals surface area contributed by atoms with Crippen LogP contribution in [0.3, 0.4) is 0 Å². The summed E-state index contributed by atoms with van der Waals surface area (Å²) < 4.78 is 27.3. The van der Waals surface area contributed by atoms with Crippen molar-refractivity contribution in [1.29, 1.82) is 0 Å². The monoisotopic (exact) mass is 393 g/mol. The van der Waals surface area contributed by atoms with Gasteiger partial charge in [-0.1, -0.05) is 48.0 Å². The molecule has 6 heteroatoms. The van der Waals surface area contributed by atoms with E-state index in [0.29, 0.717) is 11.1 Å². The molecule has 0 atom stereocenters. The SMILES string of the molecule is Cc1ccc(S(=O)(=O)Nc2ccc(/C=C/C(=O)c3ccccc3)c(O)c2)cc1. The topological polar surface area (TPSA) is 83.5 Å². The molecule has 0 saturated heterocycles. The van der Waals surface area contributed by atoms with Crippen LogP contribution < -0.4 is 4.72 Å². The number of phenolic OH excluding ortho intramolecular Hbond substituents is 1. The standard InChI is InChI=1S/C22H19NO4S/c1-16-7-12-20(13-8-16)28(26,27)23-19-11-9-18(22(25)15-19)10-14-21(24)17-5-3-2-4-6-17/h2-15,23,25H,1H3/b14-10+. The maximum atomic E-state index is 12.4. The molecular weight excluding hydrogens is 374 g/mol. The van der Waals surface area contributed by atoms with E-state index in [1.54, 1.807) is 36.4 Å². The minimum atomic E-state index is -3.75. The Balaban J connectivity index is 1.76. The van der Waals surface area contributed by atoms with E-state index in [0.717, 1.165) is 5.56 Å². The molecule has 0 unspecified atom stereocenters. The van der Waals surface area contributed by atoms with E-state index in [4.69, 9.17) is 0 Å². The zero-order valence-electron chi connectivity index (χ0n) is 15.2. The molecule has 0 aliphatic heterocycles. The minimum Gasteiger partial charge on any atom is -0.507 e. The van der Waals surface area contributed by atoms with E-state index in [9.17, 15) is 18.3 Å². The third-order valence-electron chi connectivity index (χ3n) is 4.09. The molecule has 0 aliphatic carbocycles. The second kappa shape index (κ2) is 8.10. The molecule has 5 nitrogen and oxygen atoms in total. The molecule has 2 N–H and O–H groups in total. The van der Waals surface area contributed by atoms with Crippen molar-refractivity contribution < 1.29 is 18.3 Å². The van der Waals surface area contributed by atoms with Crippen LogP contribution in [0, 0.1) is 6.92 Å². The molecule has 3 rings (SSSR count). The Morgan fingerprint density at radius 1 is 0.964 bits per heavy atom. The van der Waals surface area contributed by atoms with Crippen molar-refractivity contribution in [3.8, 4) is 5.75 Å². The molecule has 0 aromatic heterocycles. The van der Waals surface area contributed by atoms with Gasteiger partial charge in [-0.3, -0.25) is 9.52 Å². The van der Waals surface area contributed by atoms with Crippen LogP contribution >= 0.6 is 0 Å². The van der Waals surface area contributed by atoms with Crippen molar-refractivity contribution in [2.45, 2.75) is 11.8 Å². The lowest BCUT2D eigenvalue weighted by Gasteiger charge is -2.09. The second-order valence-corrected chi connectivity index (χ2v) is 7.94. The summed E-state index contributed by atoms with van der Waals surface area (Å²) in [5.41, 5.74) is 2.13. The van der Waals surface area contributed by atoms with Gasteiger partial charge in [0.1, 0.15) is 5.75 Å². The summed E-state index contributed by atoms with van der Waals surface area (Å²) in [4.78, 5) is 12.2. The summed E-state index contributed by atoms with van der Waals surface area (Å²) in [6.45, 7) is 1.87. The number of nitrogens with one attached hydrogen (secondary N) is 1. The number of benzene rings is 3. The van der Waals surface area contributed by atoms with Gasteiger partial charge in [0.05, 0.1) is 10.6 Å². The number of phenols is 1. The lowest BCUT2D eigenvalue weighted by Crippen LogP contribution is -2.12. The maximum absolute atomic E-state index is 12.4. The summed E-state index contributed by atoms with van der Waals surface area (Å²) in [6.07, 6.45) is 2.85. The first kappa shape index (κ1) is 19.4. The van der Waals surface area contributed by atoms with Crippen molar-refractivity contribution in [3.05, 3.63) is 95.6 Å². The van der Waals surface area contributed by atoms with Gasteiger partial charge in [0, 0.05) is 17.2 Å². The van der Waals surface area contributed by atoms with Gasteiger partial charge in [-0.05, 0) is 43.3 Å². The zero-order chi connectivity index (χ0) is 20.1. The van der Waals surface area contributed by atoms with Gasteiger partial charge < -0.3 is 5.11 Å². The van der Waals surface area contributed by atoms with E-state index >= 15 is 0 Å². The smallest absolute Gasteiger partial charge is 0.261 e. The fourth-order valence-electron chi connectivity index (χ4n) is 2.54. The molecule has 142 valence electrons. The van der Waals surface area contributed by atoms with Crippen LogP contribution in [-0.4, -0.2) is 19.3 Å². The number of carbonyl (C=O) groups excluding carboxylic acids is 1.